The molecule has 2 saturated heterocycles. The Balaban J connectivity index is 2.01. The number of Topliss-reactive ketones (excluding diaryl/α,β-unsaturated/α-hetero) is 1. The normalized spacial score (nSPS) is 25.3. The lowest BCUT2D eigenvalue weighted by Gasteiger charge is -2.38. The molecule has 0 spiro atoms. The highest BCUT2D eigenvalue weighted by Gasteiger charge is 2.41. The fourth-order valence-corrected chi connectivity index (χ4v) is 3.64. The summed E-state index contributed by atoms with van der Waals surface area (Å²) in [4.78, 5) is 25.9. The van der Waals surface area contributed by atoms with E-state index in [-0.39, 0.29) is 23.7 Å². The second-order valence-electron chi connectivity index (χ2n) is 5.47. The van der Waals surface area contributed by atoms with Crippen LogP contribution >= 0.6 is 15.9 Å². The van der Waals surface area contributed by atoms with E-state index < -0.39 is 0 Å². The summed E-state index contributed by atoms with van der Waals surface area (Å²) in [5.74, 6) is 0.272. The Morgan fingerprint density at radius 1 is 1.45 bits per heavy atom. The Kier molecular flexibility index (Phi) is 3.54. The number of hydrogen-bond acceptors (Lipinski definition) is 3. The molecule has 5 heteroatoms. The zero-order valence-corrected chi connectivity index (χ0v) is 12.9. The first-order valence-corrected chi connectivity index (χ1v) is 7.72. The van der Waals surface area contributed by atoms with Gasteiger partial charge in [0.15, 0.2) is 5.78 Å². The van der Waals surface area contributed by atoms with Gasteiger partial charge in [-0.1, -0.05) is 15.9 Å². The van der Waals surface area contributed by atoms with E-state index in [2.05, 4.69) is 26.1 Å². The van der Waals surface area contributed by atoms with Crippen molar-refractivity contribution in [1.82, 2.24) is 5.32 Å². The molecule has 4 nitrogen and oxygen atoms in total. The fourth-order valence-electron chi connectivity index (χ4n) is 3.29. The highest BCUT2D eigenvalue weighted by Crippen LogP contribution is 2.35. The molecule has 2 fully saturated rings. The second-order valence-corrected chi connectivity index (χ2v) is 6.39. The molecule has 20 heavy (non-hydrogen) atoms. The lowest BCUT2D eigenvalue weighted by atomic mass is 9.90. The van der Waals surface area contributed by atoms with Gasteiger partial charge in [0.05, 0.1) is 12.0 Å². The van der Waals surface area contributed by atoms with Crippen molar-refractivity contribution >= 4 is 33.3 Å². The molecule has 1 N–H and O–H groups in total. The topological polar surface area (TPSA) is 49.4 Å². The Labute approximate surface area is 126 Å². The Bertz CT molecular complexity index is 573. The molecule has 1 aromatic rings. The second kappa shape index (κ2) is 5.20. The number of carbonyl (C=O) groups is 2. The first kappa shape index (κ1) is 13.6. The third kappa shape index (κ3) is 2.24. The Hall–Kier alpha value is -1.36. The van der Waals surface area contributed by atoms with E-state index in [1.54, 1.807) is 6.92 Å². The third-order valence-corrected chi connectivity index (χ3v) is 4.74. The monoisotopic (exact) mass is 336 g/mol. The number of nitrogens with one attached hydrogen (secondary N) is 1. The zero-order valence-electron chi connectivity index (χ0n) is 11.4. The molecule has 1 aromatic carbocycles. The van der Waals surface area contributed by atoms with Gasteiger partial charge < -0.3 is 10.2 Å². The van der Waals surface area contributed by atoms with Crippen LogP contribution < -0.4 is 10.2 Å². The molecule has 2 aliphatic heterocycles. The van der Waals surface area contributed by atoms with Crippen LogP contribution in [0.5, 0.6) is 0 Å². The highest BCUT2D eigenvalue weighted by atomic mass is 79.9. The highest BCUT2D eigenvalue weighted by molar-refractivity contribution is 9.10. The van der Waals surface area contributed by atoms with Crippen molar-refractivity contribution < 1.29 is 9.59 Å². The molecular weight excluding hydrogens is 320 g/mol. The summed E-state index contributed by atoms with van der Waals surface area (Å²) < 4.78 is 0.955. The SMILES string of the molecule is CC(=O)c1ccc(Br)cc1N1CCCC2C(=O)NCC21. The molecule has 2 aliphatic rings. The van der Waals surface area contributed by atoms with E-state index in [9.17, 15) is 9.59 Å². The number of hydrogen-bond donors (Lipinski definition) is 1. The van der Waals surface area contributed by atoms with Crippen LogP contribution in [-0.2, 0) is 4.79 Å². The van der Waals surface area contributed by atoms with Crippen molar-refractivity contribution in [3.63, 3.8) is 0 Å². The van der Waals surface area contributed by atoms with Gasteiger partial charge in [0, 0.05) is 28.8 Å². The van der Waals surface area contributed by atoms with Gasteiger partial charge in [-0.3, -0.25) is 9.59 Å². The number of nitrogens with zero attached hydrogens (tertiary/aromatic N) is 1. The summed E-state index contributed by atoms with van der Waals surface area (Å²) in [6.07, 6.45) is 1.93. The van der Waals surface area contributed by atoms with E-state index >= 15 is 0 Å². The van der Waals surface area contributed by atoms with Crippen LogP contribution in [0.1, 0.15) is 30.1 Å². The zero-order chi connectivity index (χ0) is 14.3. The minimum Gasteiger partial charge on any atom is -0.365 e. The molecule has 2 atom stereocenters. The number of anilines is 1. The first-order chi connectivity index (χ1) is 9.58. The number of piperidine rings is 1. The van der Waals surface area contributed by atoms with E-state index in [0.29, 0.717) is 6.54 Å². The van der Waals surface area contributed by atoms with Crippen molar-refractivity contribution in [3.05, 3.63) is 28.2 Å². The van der Waals surface area contributed by atoms with Crippen LogP contribution in [0.4, 0.5) is 5.69 Å². The maximum absolute atomic E-state index is 11.9. The molecular formula is C15H17BrN2O2. The summed E-state index contributed by atoms with van der Waals surface area (Å²) in [7, 11) is 0. The smallest absolute Gasteiger partial charge is 0.225 e. The van der Waals surface area contributed by atoms with Crippen LogP contribution in [0.3, 0.4) is 0 Å². The van der Waals surface area contributed by atoms with Crippen LogP contribution in [0, 0.1) is 5.92 Å². The van der Waals surface area contributed by atoms with Gasteiger partial charge >= 0.3 is 0 Å². The van der Waals surface area contributed by atoms with Crippen molar-refractivity contribution in [2.24, 2.45) is 5.92 Å². The van der Waals surface area contributed by atoms with E-state index in [1.807, 2.05) is 18.2 Å². The largest absolute Gasteiger partial charge is 0.365 e. The minimum absolute atomic E-state index is 0.0579. The number of carbonyl (C=O) groups excluding carboxylic acids is 2. The molecule has 0 radical (unpaired) electrons. The molecule has 0 saturated carbocycles. The van der Waals surface area contributed by atoms with E-state index in [1.165, 1.54) is 0 Å². The minimum atomic E-state index is 0.0579. The first-order valence-electron chi connectivity index (χ1n) is 6.93. The van der Waals surface area contributed by atoms with Gasteiger partial charge in [-0.05, 0) is 38.0 Å². The van der Waals surface area contributed by atoms with Gasteiger partial charge in [0.25, 0.3) is 0 Å². The molecule has 0 aromatic heterocycles. The fraction of sp³-hybridized carbons (Fsp3) is 0.467. The van der Waals surface area contributed by atoms with Crippen LogP contribution in [0.15, 0.2) is 22.7 Å². The van der Waals surface area contributed by atoms with E-state index in [4.69, 9.17) is 0 Å². The number of ketones is 1. The predicted molar refractivity (Wildman–Crippen MR) is 81.0 cm³/mol. The Morgan fingerprint density at radius 2 is 2.25 bits per heavy atom. The van der Waals surface area contributed by atoms with Crippen LogP contribution in [0.2, 0.25) is 0 Å². The van der Waals surface area contributed by atoms with Gasteiger partial charge in [0.2, 0.25) is 5.91 Å². The van der Waals surface area contributed by atoms with Gasteiger partial charge in [0.1, 0.15) is 0 Å². The predicted octanol–water partition coefficient (Wildman–Crippen LogP) is 2.37. The molecule has 2 unspecified atom stereocenters. The van der Waals surface area contributed by atoms with Crippen LogP contribution in [-0.4, -0.2) is 30.8 Å². The molecule has 0 bridgehead atoms. The van der Waals surface area contributed by atoms with Gasteiger partial charge in [-0.2, -0.15) is 0 Å². The molecule has 106 valence electrons. The Morgan fingerprint density at radius 3 is 3.00 bits per heavy atom. The van der Waals surface area contributed by atoms with Crippen molar-refractivity contribution in [1.29, 1.82) is 0 Å². The number of benzene rings is 1. The average molecular weight is 337 g/mol. The summed E-state index contributed by atoms with van der Waals surface area (Å²) in [5, 5.41) is 2.95. The van der Waals surface area contributed by atoms with Crippen molar-refractivity contribution in [3.8, 4) is 0 Å². The van der Waals surface area contributed by atoms with Crippen molar-refractivity contribution in [2.45, 2.75) is 25.8 Å². The summed E-state index contributed by atoms with van der Waals surface area (Å²) in [6, 6.07) is 5.90. The van der Waals surface area contributed by atoms with Gasteiger partial charge in [-0.25, -0.2) is 0 Å². The number of amides is 1. The lowest BCUT2D eigenvalue weighted by Crippen LogP contribution is -2.46. The van der Waals surface area contributed by atoms with Crippen molar-refractivity contribution in [2.75, 3.05) is 18.0 Å². The summed E-state index contributed by atoms with van der Waals surface area (Å²) >= 11 is 3.48. The molecule has 2 heterocycles. The average Bonchev–Trinajstić information content (AvgIpc) is 2.80. The lowest BCUT2D eigenvalue weighted by molar-refractivity contribution is -0.122. The summed E-state index contributed by atoms with van der Waals surface area (Å²) in [5.41, 5.74) is 1.67. The third-order valence-electron chi connectivity index (χ3n) is 4.25. The van der Waals surface area contributed by atoms with E-state index in [0.717, 1.165) is 35.1 Å². The summed E-state index contributed by atoms with van der Waals surface area (Å²) in [6.45, 7) is 3.16. The number of fused-ring (bicyclic) bond motifs is 1. The molecule has 3 rings (SSSR count). The van der Waals surface area contributed by atoms with Crippen LogP contribution in [0.25, 0.3) is 0 Å². The number of halogens is 1. The quantitative estimate of drug-likeness (QED) is 0.843. The standard InChI is InChI=1S/C15H17BrN2O2/c1-9(19)11-5-4-10(16)7-13(11)18-6-2-3-12-14(18)8-17-15(12)20/h4-5,7,12,14H,2-3,6,8H2,1H3,(H,17,20). The number of rotatable bonds is 2. The molecule has 0 aliphatic carbocycles. The van der Waals surface area contributed by atoms with Gasteiger partial charge in [-0.15, -0.1) is 0 Å². The maximum atomic E-state index is 11.9. The molecule has 1 amide bonds. The maximum Gasteiger partial charge on any atom is 0.225 e.